The summed E-state index contributed by atoms with van der Waals surface area (Å²) in [6, 6.07) is 23.0. The Morgan fingerprint density at radius 3 is 2.39 bits per heavy atom. The summed E-state index contributed by atoms with van der Waals surface area (Å²) in [4.78, 5) is 1.43. The standard InChI is InChI=1S/C27H26S/c1-26(2,3)19-14-16-20(17-15-19)27(25-13-8-18-28-25)23-11-6-4-9-21(23)22-10-5-7-12-24(22)27/h4-6,8-11,13-18H,7,12H2,1-3H3. The van der Waals surface area contributed by atoms with E-state index in [1.807, 2.05) is 11.3 Å². The van der Waals surface area contributed by atoms with E-state index >= 15 is 0 Å². The topological polar surface area (TPSA) is 0 Å². The first-order valence-electron chi connectivity index (χ1n) is 10.2. The normalized spacial score (nSPS) is 21.0. The van der Waals surface area contributed by atoms with Crippen LogP contribution in [-0.4, -0.2) is 0 Å². The molecule has 0 saturated carbocycles. The molecule has 1 atom stereocenters. The Balaban J connectivity index is 1.83. The fraction of sp³-hybridized carbons (Fsp3) is 0.259. The summed E-state index contributed by atoms with van der Waals surface area (Å²) in [5.74, 6) is 0. The Morgan fingerprint density at radius 1 is 0.893 bits per heavy atom. The summed E-state index contributed by atoms with van der Waals surface area (Å²) in [6.45, 7) is 6.86. The van der Waals surface area contributed by atoms with Crippen molar-refractivity contribution in [2.75, 3.05) is 0 Å². The molecule has 0 bridgehead atoms. The molecule has 1 heteroatoms. The summed E-state index contributed by atoms with van der Waals surface area (Å²) < 4.78 is 0. The molecule has 0 aliphatic heterocycles. The van der Waals surface area contributed by atoms with Gasteiger partial charge in [0.25, 0.3) is 0 Å². The summed E-state index contributed by atoms with van der Waals surface area (Å²) in [6.07, 6.45) is 6.94. The smallest absolute Gasteiger partial charge is 0.0769 e. The zero-order valence-corrected chi connectivity index (χ0v) is 17.6. The lowest BCUT2D eigenvalue weighted by Crippen LogP contribution is -2.29. The molecule has 0 radical (unpaired) electrons. The summed E-state index contributed by atoms with van der Waals surface area (Å²) in [7, 11) is 0. The van der Waals surface area contributed by atoms with Gasteiger partial charge >= 0.3 is 0 Å². The molecule has 0 N–H and O–H groups in total. The summed E-state index contributed by atoms with van der Waals surface area (Å²) in [5, 5.41) is 2.22. The van der Waals surface area contributed by atoms with Gasteiger partial charge in [-0.25, -0.2) is 0 Å². The maximum atomic E-state index is 2.38. The van der Waals surface area contributed by atoms with E-state index in [2.05, 4.69) is 99.0 Å². The third kappa shape index (κ3) is 2.42. The van der Waals surface area contributed by atoms with Gasteiger partial charge in [0.05, 0.1) is 5.41 Å². The first-order valence-corrected chi connectivity index (χ1v) is 11.1. The highest BCUT2D eigenvalue weighted by molar-refractivity contribution is 7.10. The zero-order valence-electron chi connectivity index (χ0n) is 16.8. The van der Waals surface area contributed by atoms with Gasteiger partial charge in [-0.3, -0.25) is 0 Å². The van der Waals surface area contributed by atoms with Crippen molar-refractivity contribution in [2.24, 2.45) is 0 Å². The minimum atomic E-state index is -0.152. The number of fused-ring (bicyclic) bond motifs is 2. The van der Waals surface area contributed by atoms with Crippen LogP contribution in [0.15, 0.2) is 83.8 Å². The number of hydrogen-bond acceptors (Lipinski definition) is 1. The van der Waals surface area contributed by atoms with Gasteiger partial charge < -0.3 is 0 Å². The Hall–Kier alpha value is -2.38. The molecule has 0 saturated heterocycles. The minimum absolute atomic E-state index is 0.152. The van der Waals surface area contributed by atoms with E-state index in [0.717, 1.165) is 12.8 Å². The van der Waals surface area contributed by atoms with Crippen molar-refractivity contribution in [1.82, 2.24) is 0 Å². The quantitative estimate of drug-likeness (QED) is 0.430. The molecule has 1 aromatic heterocycles. The lowest BCUT2D eigenvalue weighted by molar-refractivity contribution is 0.589. The van der Waals surface area contributed by atoms with Gasteiger partial charge in [-0.2, -0.15) is 0 Å². The van der Waals surface area contributed by atoms with Crippen molar-refractivity contribution in [3.63, 3.8) is 0 Å². The highest BCUT2D eigenvalue weighted by Crippen LogP contribution is 2.58. The molecule has 1 unspecified atom stereocenters. The third-order valence-electron chi connectivity index (χ3n) is 6.32. The van der Waals surface area contributed by atoms with Gasteiger partial charge in [0.2, 0.25) is 0 Å². The predicted molar refractivity (Wildman–Crippen MR) is 121 cm³/mol. The fourth-order valence-electron chi connectivity index (χ4n) is 4.98. The van der Waals surface area contributed by atoms with E-state index in [-0.39, 0.29) is 10.8 Å². The van der Waals surface area contributed by atoms with E-state index < -0.39 is 0 Å². The fourth-order valence-corrected chi connectivity index (χ4v) is 5.97. The number of allylic oxidation sites excluding steroid dienone is 4. The molecule has 0 amide bonds. The zero-order chi connectivity index (χ0) is 19.4. The van der Waals surface area contributed by atoms with Crippen molar-refractivity contribution in [2.45, 2.75) is 44.4 Å². The molecule has 0 fully saturated rings. The van der Waals surface area contributed by atoms with E-state index in [1.165, 1.54) is 32.7 Å². The van der Waals surface area contributed by atoms with E-state index in [9.17, 15) is 0 Å². The Morgan fingerprint density at radius 2 is 1.68 bits per heavy atom. The second-order valence-corrected chi connectivity index (χ2v) is 9.88. The average Bonchev–Trinajstić information content (AvgIpc) is 3.33. The maximum Gasteiger partial charge on any atom is 0.0769 e. The molecule has 3 aromatic rings. The van der Waals surface area contributed by atoms with Crippen LogP contribution in [-0.2, 0) is 10.8 Å². The van der Waals surface area contributed by atoms with Crippen LogP contribution in [0.3, 0.4) is 0 Å². The van der Waals surface area contributed by atoms with Crippen LogP contribution in [0, 0.1) is 0 Å². The van der Waals surface area contributed by atoms with Gasteiger partial charge in [-0.05, 0) is 63.1 Å². The van der Waals surface area contributed by atoms with E-state index in [0.29, 0.717) is 0 Å². The average molecular weight is 383 g/mol. The molecule has 2 aliphatic carbocycles. The predicted octanol–water partition coefficient (Wildman–Crippen LogP) is 7.50. The summed E-state index contributed by atoms with van der Waals surface area (Å²) >= 11 is 1.88. The van der Waals surface area contributed by atoms with Crippen LogP contribution in [0.2, 0.25) is 0 Å². The van der Waals surface area contributed by atoms with Crippen molar-refractivity contribution < 1.29 is 0 Å². The molecule has 1 heterocycles. The highest BCUT2D eigenvalue weighted by Gasteiger charge is 2.47. The van der Waals surface area contributed by atoms with Crippen molar-refractivity contribution in [3.05, 3.63) is 111 Å². The molecule has 140 valence electrons. The monoisotopic (exact) mass is 382 g/mol. The van der Waals surface area contributed by atoms with E-state index in [1.54, 1.807) is 5.57 Å². The molecular formula is C27H26S. The molecule has 0 nitrogen and oxygen atoms in total. The van der Waals surface area contributed by atoms with Crippen molar-refractivity contribution >= 4 is 16.9 Å². The second-order valence-electron chi connectivity index (χ2n) is 8.93. The van der Waals surface area contributed by atoms with Crippen molar-refractivity contribution in [3.8, 4) is 0 Å². The Kier molecular flexibility index (Phi) is 4.00. The second kappa shape index (κ2) is 6.32. The van der Waals surface area contributed by atoms with Crippen LogP contribution in [0.5, 0.6) is 0 Å². The maximum absolute atomic E-state index is 2.38. The van der Waals surface area contributed by atoms with Gasteiger partial charge in [0.15, 0.2) is 0 Å². The van der Waals surface area contributed by atoms with Crippen LogP contribution in [0.4, 0.5) is 0 Å². The third-order valence-corrected chi connectivity index (χ3v) is 7.31. The molecule has 2 aromatic carbocycles. The first-order chi connectivity index (χ1) is 13.5. The van der Waals surface area contributed by atoms with Crippen molar-refractivity contribution in [1.29, 1.82) is 0 Å². The van der Waals surface area contributed by atoms with Crippen LogP contribution < -0.4 is 0 Å². The van der Waals surface area contributed by atoms with Gasteiger partial charge in [0.1, 0.15) is 0 Å². The molecule has 2 aliphatic rings. The largest absolute Gasteiger partial charge is 0.147 e. The lowest BCUT2D eigenvalue weighted by atomic mass is 9.68. The van der Waals surface area contributed by atoms with Gasteiger partial charge in [0, 0.05) is 4.88 Å². The number of thiophene rings is 1. The Labute approximate surface area is 172 Å². The van der Waals surface area contributed by atoms with Gasteiger partial charge in [-0.1, -0.05) is 87.5 Å². The first kappa shape index (κ1) is 17.7. The molecular weight excluding hydrogens is 356 g/mol. The van der Waals surface area contributed by atoms with Crippen LogP contribution in [0.1, 0.15) is 60.7 Å². The van der Waals surface area contributed by atoms with Crippen LogP contribution >= 0.6 is 11.3 Å². The minimum Gasteiger partial charge on any atom is -0.147 e. The molecule has 28 heavy (non-hydrogen) atoms. The Bertz CT molecular complexity index is 1070. The summed E-state index contributed by atoms with van der Waals surface area (Å²) in [5.41, 5.74) is 8.66. The van der Waals surface area contributed by atoms with E-state index in [4.69, 9.17) is 0 Å². The SMILES string of the molecule is CC(C)(C)c1ccc(C2(c3cccs3)C3=C(C=CCC3)c3ccccc32)cc1. The van der Waals surface area contributed by atoms with Gasteiger partial charge in [-0.15, -0.1) is 11.3 Å². The lowest BCUT2D eigenvalue weighted by Gasteiger charge is -2.35. The number of hydrogen-bond donors (Lipinski definition) is 0. The van der Waals surface area contributed by atoms with Crippen LogP contribution in [0.25, 0.3) is 5.57 Å². The molecule has 0 spiro atoms. The highest BCUT2D eigenvalue weighted by atomic mass is 32.1. The number of rotatable bonds is 2. The number of benzene rings is 2. The molecule has 5 rings (SSSR count).